The minimum Gasteiger partial charge on any atom is -0.309 e. The molecule has 3 aromatic heterocycles. The summed E-state index contributed by atoms with van der Waals surface area (Å²) in [5.74, 6) is 0. The summed E-state index contributed by atoms with van der Waals surface area (Å²) in [4.78, 5) is 0. The van der Waals surface area contributed by atoms with E-state index in [2.05, 4.69) is 0 Å². The van der Waals surface area contributed by atoms with Crippen molar-refractivity contribution < 1.29 is 49.3 Å². The minimum absolute atomic E-state index is 0.441. The van der Waals surface area contributed by atoms with Crippen LogP contribution in [0, 0.1) is 0 Å². The fourth-order valence-corrected chi connectivity index (χ4v) is 7.88. The van der Waals surface area contributed by atoms with E-state index in [4.69, 9.17) is 30.2 Å². The average molecular weight is 838 g/mol. The summed E-state index contributed by atoms with van der Waals surface area (Å²) in [5.41, 5.74) is -10.2. The molecular formula is C60H39N3. The molecule has 0 saturated carbocycles. The fourth-order valence-electron chi connectivity index (χ4n) is 7.88. The molecule has 3 nitrogen and oxygen atoms in total. The van der Waals surface area contributed by atoms with Gasteiger partial charge in [0.2, 0.25) is 0 Å². The van der Waals surface area contributed by atoms with Crippen molar-refractivity contribution in [2.75, 3.05) is 0 Å². The number of fused-ring (bicyclic) bond motifs is 9. The van der Waals surface area contributed by atoms with Gasteiger partial charge >= 0.3 is 0 Å². The molecule has 3 heteroatoms. The van der Waals surface area contributed by atoms with Gasteiger partial charge in [0.05, 0.1) is 88.1 Å². The highest BCUT2D eigenvalue weighted by Gasteiger charge is 2.21. The third-order valence-corrected chi connectivity index (χ3v) is 10.5. The second-order valence-corrected chi connectivity index (χ2v) is 13.8. The minimum atomic E-state index is -1.11. The van der Waals surface area contributed by atoms with Gasteiger partial charge in [-0.3, -0.25) is 0 Å². The molecule has 0 amide bonds. The number of nitrogens with zero attached hydrogens (tertiary/aromatic N) is 3. The van der Waals surface area contributed by atoms with E-state index < -0.39 is 333 Å². The van der Waals surface area contributed by atoms with Crippen LogP contribution in [0.2, 0.25) is 0 Å². The zero-order valence-corrected chi connectivity index (χ0v) is 31.6. The fraction of sp³-hybridized carbons (Fsp3) is 0. The Hall–Kier alpha value is -8.40. The molecule has 0 saturated heterocycles. The van der Waals surface area contributed by atoms with Gasteiger partial charge in [-0.05, 0) is 112 Å². The van der Waals surface area contributed by atoms with E-state index in [-0.39, 0.29) is 0 Å². The Labute approximate surface area is 415 Å². The number of rotatable bonds is 6. The first-order valence-electron chi connectivity index (χ1n) is 36.7. The summed E-state index contributed by atoms with van der Waals surface area (Å²) >= 11 is 0. The first-order chi connectivity index (χ1) is 46.2. The van der Waals surface area contributed by atoms with E-state index in [0.29, 0.717) is 0 Å². The Balaban J connectivity index is 1.26. The van der Waals surface area contributed by atoms with Gasteiger partial charge < -0.3 is 13.7 Å². The quantitative estimate of drug-likeness (QED) is 0.158. The van der Waals surface area contributed by atoms with Gasteiger partial charge in [0.25, 0.3) is 0 Å². The molecule has 294 valence electrons. The summed E-state index contributed by atoms with van der Waals surface area (Å²) in [6.07, 6.45) is 0. The molecule has 63 heavy (non-hydrogen) atoms. The second-order valence-electron chi connectivity index (χ2n) is 13.8. The van der Waals surface area contributed by atoms with Gasteiger partial charge in [0, 0.05) is 43.7 Å². The molecule has 0 atom stereocenters. The molecule has 13 aromatic rings. The summed E-state index contributed by atoms with van der Waals surface area (Å²) in [6, 6.07) is -31.2. The molecule has 0 aliphatic carbocycles. The predicted octanol–water partition coefficient (Wildman–Crippen LogP) is 16.0. The maximum Gasteiger partial charge on any atom is 0.0652 e. The molecule has 0 N–H and O–H groups in total. The van der Waals surface area contributed by atoms with Crippen LogP contribution in [0.4, 0.5) is 0 Å². The van der Waals surface area contributed by atoms with Crippen LogP contribution in [0.1, 0.15) is 49.3 Å². The van der Waals surface area contributed by atoms with Gasteiger partial charge in [-0.2, -0.15) is 0 Å². The molecule has 10 aromatic carbocycles. The molecule has 0 spiro atoms. The van der Waals surface area contributed by atoms with E-state index >= 15 is 0 Å². The molecule has 0 bridgehead atoms. The van der Waals surface area contributed by atoms with Gasteiger partial charge in [0.1, 0.15) is 0 Å². The Bertz CT molecular complexity index is 5920. The lowest BCUT2D eigenvalue weighted by atomic mass is 9.95. The van der Waals surface area contributed by atoms with E-state index in [0.717, 1.165) is 31.9 Å². The lowest BCUT2D eigenvalue weighted by Gasteiger charge is -2.15. The Kier molecular flexibility index (Phi) is 3.33. The molecular weight excluding hydrogens is 763 g/mol. The van der Waals surface area contributed by atoms with Crippen molar-refractivity contribution in [3.8, 4) is 50.4 Å². The summed E-state index contributed by atoms with van der Waals surface area (Å²) in [6.45, 7) is 0. The highest BCUT2D eigenvalue weighted by Crippen LogP contribution is 2.42. The number of hydrogen-bond donors (Lipinski definition) is 0. The first kappa shape index (κ1) is 14.9. The van der Waals surface area contributed by atoms with Crippen LogP contribution >= 0.6 is 0 Å². The van der Waals surface area contributed by atoms with Crippen molar-refractivity contribution in [1.82, 2.24) is 13.7 Å². The summed E-state index contributed by atoms with van der Waals surface area (Å²) in [5, 5.41) is -3.80. The Morgan fingerprint density at radius 2 is 0.683 bits per heavy atom. The highest BCUT2D eigenvalue weighted by atomic mass is 15.0. The standard InChI is InChI=1S/C60H39N3/c1-3-17-40(18-4-1)42-21-15-22-43(35-42)45-36-44(41-19-5-2-6-20-41)37-47(38-45)62-56-30-14-10-26-51(56)60-58(62)31-16-32-59(60)63-55-29-13-9-25-50(55)52-39-46(33-34-57(52)63)61-53-27-11-7-23-48(53)49-24-8-12-28-54(49)61/h1-39H/i1D,2D,3D,4D,5D,6D,7D,8D,9D,10D,11D,12D,13D,14D,15D,16D,17D,18D,19D,20D,21D,22D,23D,24D,25D,26D,27D,28D,29D,30D,31D,32D,33D,34D,35D,39D. The largest absolute Gasteiger partial charge is 0.309 e. The van der Waals surface area contributed by atoms with Crippen LogP contribution in [0.25, 0.3) is 116 Å². The number of aromatic nitrogens is 3. The van der Waals surface area contributed by atoms with E-state index in [1.165, 1.54) is 0 Å². The lowest BCUT2D eigenvalue weighted by molar-refractivity contribution is 1.16. The third-order valence-electron chi connectivity index (χ3n) is 10.5. The van der Waals surface area contributed by atoms with Crippen LogP contribution in [-0.2, 0) is 0 Å². The predicted molar refractivity (Wildman–Crippen MR) is 266 cm³/mol. The highest BCUT2D eigenvalue weighted by molar-refractivity contribution is 6.17. The topological polar surface area (TPSA) is 14.8 Å². The number of benzene rings is 10. The number of hydrogen-bond acceptors (Lipinski definition) is 0. The SMILES string of the molecule is [2H]c1c([2H])c([2H])c(-c2cc(-c3c([2H])c([2H])c([2H])c(-c4c([2H])c([2H])c([2H])c([2H])c4[2H])c3[2H])cc(-n3c4c([2H])c([2H])c([2H])c([2H])c4c4c(-n5c6c([2H])c([2H])c([2H])c([2H])c6c6c([2H])c(-n7c8c([2H])c([2H])c([2H])c([2H])c8c8c([2H])c([2H])c([2H])c([2H])c87)c([2H])c([2H])c65)c([2H])c([2H])c([2H])c43)c2)c([2H])c1[2H]. The van der Waals surface area contributed by atoms with Gasteiger partial charge in [0.15, 0.2) is 0 Å². The molecule has 13 rings (SSSR count). The maximum absolute atomic E-state index is 10.2. The zero-order chi connectivity index (χ0) is 72.8. The normalized spacial score (nSPS) is 19.8. The molecule has 0 unspecified atom stereocenters. The van der Waals surface area contributed by atoms with E-state index in [1.807, 2.05) is 0 Å². The molecule has 0 radical (unpaired) electrons. The average Bonchev–Trinajstić information content (AvgIpc) is 1.53. The van der Waals surface area contributed by atoms with Crippen molar-refractivity contribution in [3.63, 3.8) is 0 Å². The van der Waals surface area contributed by atoms with Crippen LogP contribution in [0.5, 0.6) is 0 Å². The maximum atomic E-state index is 10.2. The van der Waals surface area contributed by atoms with Gasteiger partial charge in [-0.25, -0.2) is 0 Å². The van der Waals surface area contributed by atoms with Crippen molar-refractivity contribution in [2.24, 2.45) is 0 Å². The van der Waals surface area contributed by atoms with Crippen LogP contribution in [0.3, 0.4) is 0 Å². The molecule has 0 aliphatic rings. The van der Waals surface area contributed by atoms with E-state index in [1.54, 1.807) is 0 Å². The first-order valence-corrected chi connectivity index (χ1v) is 18.7. The molecule has 3 heterocycles. The second kappa shape index (κ2) is 14.1. The smallest absolute Gasteiger partial charge is 0.0652 e. The molecule has 0 aliphatic heterocycles. The van der Waals surface area contributed by atoms with Crippen molar-refractivity contribution in [1.29, 1.82) is 0 Å². The summed E-state index contributed by atoms with van der Waals surface area (Å²) in [7, 11) is 0. The molecule has 0 fully saturated rings. The lowest BCUT2D eigenvalue weighted by Crippen LogP contribution is -1.98. The van der Waals surface area contributed by atoms with E-state index in [9.17, 15) is 19.2 Å². The summed E-state index contributed by atoms with van der Waals surface area (Å²) < 4.78 is 332. The van der Waals surface area contributed by atoms with Crippen LogP contribution in [-0.4, -0.2) is 13.7 Å². The van der Waals surface area contributed by atoms with Crippen LogP contribution in [0.15, 0.2) is 236 Å². The van der Waals surface area contributed by atoms with Crippen molar-refractivity contribution >= 4 is 65.4 Å². The zero-order valence-electron chi connectivity index (χ0n) is 67.6. The third kappa shape index (κ3) is 5.53. The van der Waals surface area contributed by atoms with Crippen LogP contribution < -0.4 is 0 Å². The Morgan fingerprint density at radius 1 is 0.254 bits per heavy atom. The van der Waals surface area contributed by atoms with Crippen molar-refractivity contribution in [3.05, 3.63) is 236 Å². The number of para-hydroxylation sites is 4. The monoisotopic (exact) mass is 838 g/mol. The Morgan fingerprint density at radius 3 is 1.33 bits per heavy atom. The van der Waals surface area contributed by atoms with Crippen molar-refractivity contribution in [2.45, 2.75) is 0 Å². The van der Waals surface area contributed by atoms with Gasteiger partial charge in [-0.15, -0.1) is 0 Å². The van der Waals surface area contributed by atoms with Gasteiger partial charge in [-0.1, -0.05) is 157 Å².